The number of para-hydroxylation sites is 1. The zero-order valence-electron chi connectivity index (χ0n) is 15.6. The minimum Gasteiger partial charge on any atom is -0.456 e. The number of carbonyl (C=O) groups excluding carboxylic acids is 1. The van der Waals surface area contributed by atoms with Crippen molar-refractivity contribution in [3.05, 3.63) is 54.6 Å². The third-order valence-corrected chi connectivity index (χ3v) is 6.33. The number of nitrogens with zero attached hydrogens (tertiary/aromatic N) is 1. The predicted octanol–water partition coefficient (Wildman–Crippen LogP) is 3.85. The third-order valence-electron chi connectivity index (χ3n) is 5.04. The largest absolute Gasteiger partial charge is 0.456 e. The molecule has 6 nitrogen and oxygen atoms in total. The van der Waals surface area contributed by atoms with Gasteiger partial charge in [-0.3, -0.25) is 4.79 Å². The second-order valence-corrected chi connectivity index (χ2v) is 9.04. The van der Waals surface area contributed by atoms with Gasteiger partial charge >= 0.3 is 0 Å². The number of hydrogen-bond donors (Lipinski definition) is 1. The molecule has 0 saturated carbocycles. The van der Waals surface area contributed by atoms with Gasteiger partial charge < -0.3 is 9.73 Å². The van der Waals surface area contributed by atoms with E-state index in [9.17, 15) is 13.2 Å². The topological polar surface area (TPSA) is 79.6 Å². The summed E-state index contributed by atoms with van der Waals surface area (Å²) in [5.74, 6) is 0.469. The van der Waals surface area contributed by atoms with Crippen molar-refractivity contribution in [1.82, 2.24) is 4.31 Å². The fourth-order valence-corrected chi connectivity index (χ4v) is 4.76. The molecule has 1 aromatic heterocycles. The molecule has 2 heterocycles. The van der Waals surface area contributed by atoms with Gasteiger partial charge in [0.15, 0.2) is 0 Å². The molecule has 0 aliphatic carbocycles. The Kier molecular flexibility index (Phi) is 4.95. The average molecular weight is 398 g/mol. The number of nitrogens with one attached hydrogen (secondary N) is 1. The van der Waals surface area contributed by atoms with Crippen LogP contribution in [0.2, 0.25) is 0 Å². The Morgan fingerprint density at radius 1 is 1.11 bits per heavy atom. The highest BCUT2D eigenvalue weighted by Gasteiger charge is 2.34. The number of piperidine rings is 1. The highest BCUT2D eigenvalue weighted by atomic mass is 32.2. The maximum absolute atomic E-state index is 12.7. The molecule has 7 heteroatoms. The first-order valence-corrected chi connectivity index (χ1v) is 11.1. The Hall–Kier alpha value is -2.64. The van der Waals surface area contributed by atoms with Crippen LogP contribution in [0.1, 0.15) is 19.3 Å². The van der Waals surface area contributed by atoms with Gasteiger partial charge in [-0.25, -0.2) is 8.42 Å². The summed E-state index contributed by atoms with van der Waals surface area (Å²) in [7, 11) is -3.41. The molecule has 2 aromatic carbocycles. The predicted molar refractivity (Wildman–Crippen MR) is 109 cm³/mol. The summed E-state index contributed by atoms with van der Waals surface area (Å²) in [6, 6.07) is 16.5. The van der Waals surface area contributed by atoms with Crippen LogP contribution in [0.3, 0.4) is 0 Å². The van der Waals surface area contributed by atoms with Gasteiger partial charge in [-0.15, -0.1) is 0 Å². The molecule has 1 fully saturated rings. The summed E-state index contributed by atoms with van der Waals surface area (Å²) in [6.45, 7) is 0.391. The van der Waals surface area contributed by atoms with Crippen LogP contribution < -0.4 is 5.32 Å². The first-order chi connectivity index (χ1) is 13.4. The molecule has 3 aromatic rings. The quantitative estimate of drug-likeness (QED) is 0.724. The Bertz CT molecular complexity index is 1070. The number of hydrogen-bond acceptors (Lipinski definition) is 4. The number of benzene rings is 2. The van der Waals surface area contributed by atoms with Crippen molar-refractivity contribution in [2.45, 2.75) is 25.3 Å². The van der Waals surface area contributed by atoms with Gasteiger partial charge in [-0.2, -0.15) is 4.31 Å². The second-order valence-electron chi connectivity index (χ2n) is 7.10. The number of amides is 1. The molecule has 28 heavy (non-hydrogen) atoms. The minimum atomic E-state index is -3.41. The van der Waals surface area contributed by atoms with E-state index in [1.807, 2.05) is 42.5 Å². The van der Waals surface area contributed by atoms with Crippen LogP contribution in [0.25, 0.3) is 22.3 Å². The molecule has 1 amide bonds. The van der Waals surface area contributed by atoms with Crippen molar-refractivity contribution >= 4 is 32.6 Å². The van der Waals surface area contributed by atoms with E-state index in [1.54, 1.807) is 12.1 Å². The third kappa shape index (κ3) is 3.81. The van der Waals surface area contributed by atoms with E-state index in [1.165, 1.54) is 4.31 Å². The molecular weight excluding hydrogens is 376 g/mol. The fourth-order valence-electron chi connectivity index (χ4n) is 3.63. The van der Waals surface area contributed by atoms with E-state index < -0.39 is 16.1 Å². The Balaban J connectivity index is 1.50. The molecule has 1 aliphatic rings. The van der Waals surface area contributed by atoms with E-state index in [2.05, 4.69) is 5.32 Å². The lowest BCUT2D eigenvalue weighted by Gasteiger charge is -2.32. The van der Waals surface area contributed by atoms with Gasteiger partial charge in [0.05, 0.1) is 6.26 Å². The van der Waals surface area contributed by atoms with Gasteiger partial charge in [0.1, 0.15) is 17.4 Å². The summed E-state index contributed by atoms with van der Waals surface area (Å²) in [5.41, 5.74) is 2.36. The zero-order chi connectivity index (χ0) is 19.7. The zero-order valence-corrected chi connectivity index (χ0v) is 16.4. The molecule has 0 spiro atoms. The van der Waals surface area contributed by atoms with Crippen LogP contribution in [0.15, 0.2) is 59.0 Å². The minimum absolute atomic E-state index is 0.290. The Morgan fingerprint density at radius 2 is 1.86 bits per heavy atom. The van der Waals surface area contributed by atoms with E-state index in [0.717, 1.165) is 41.4 Å². The summed E-state index contributed by atoms with van der Waals surface area (Å²) >= 11 is 0. The number of fused-ring (bicyclic) bond motifs is 1. The number of carbonyl (C=O) groups is 1. The van der Waals surface area contributed by atoms with Crippen molar-refractivity contribution in [3.63, 3.8) is 0 Å². The Morgan fingerprint density at radius 3 is 2.57 bits per heavy atom. The average Bonchev–Trinajstić information content (AvgIpc) is 3.12. The fraction of sp³-hybridized carbons (Fsp3) is 0.286. The van der Waals surface area contributed by atoms with Crippen molar-refractivity contribution in [1.29, 1.82) is 0 Å². The lowest BCUT2D eigenvalue weighted by molar-refractivity contribution is -0.120. The monoisotopic (exact) mass is 398 g/mol. The van der Waals surface area contributed by atoms with E-state index in [-0.39, 0.29) is 5.91 Å². The standard InChI is InChI=1S/C21H22N2O4S/c1-28(25,26)23-13-5-4-7-18(23)21(24)22-17-11-9-15(10-12-17)20-14-16-6-2-3-8-19(16)27-20/h2-3,6,8-12,14,18H,4-5,7,13H2,1H3,(H,22,24). The van der Waals surface area contributed by atoms with Crippen molar-refractivity contribution in [2.75, 3.05) is 18.1 Å². The second kappa shape index (κ2) is 7.41. The maximum atomic E-state index is 12.7. The van der Waals surface area contributed by atoms with Crippen LogP contribution >= 0.6 is 0 Å². The molecular formula is C21H22N2O4S. The molecule has 1 N–H and O–H groups in total. The summed E-state index contributed by atoms with van der Waals surface area (Å²) in [5, 5.41) is 3.88. The SMILES string of the molecule is CS(=O)(=O)N1CCCCC1C(=O)Nc1ccc(-c2cc3ccccc3o2)cc1. The summed E-state index contributed by atoms with van der Waals surface area (Å²) < 4.78 is 31.1. The number of sulfonamides is 1. The first kappa shape index (κ1) is 18.7. The number of anilines is 1. The Labute approximate surface area is 164 Å². The lowest BCUT2D eigenvalue weighted by atomic mass is 10.0. The number of furan rings is 1. The van der Waals surface area contributed by atoms with Gasteiger partial charge in [-0.05, 0) is 49.2 Å². The molecule has 0 radical (unpaired) electrons. The molecule has 146 valence electrons. The van der Waals surface area contributed by atoms with Crippen molar-refractivity contribution in [2.24, 2.45) is 0 Å². The smallest absolute Gasteiger partial charge is 0.242 e. The van der Waals surface area contributed by atoms with E-state index in [4.69, 9.17) is 4.42 Å². The molecule has 1 saturated heterocycles. The normalized spacial score (nSPS) is 18.2. The van der Waals surface area contributed by atoms with Crippen LogP contribution in [0.5, 0.6) is 0 Å². The highest BCUT2D eigenvalue weighted by Crippen LogP contribution is 2.29. The van der Waals surface area contributed by atoms with Crippen molar-refractivity contribution < 1.29 is 17.6 Å². The summed E-state index contributed by atoms with van der Waals surface area (Å²) in [6.07, 6.45) is 3.31. The van der Waals surface area contributed by atoms with Crippen LogP contribution in [-0.2, 0) is 14.8 Å². The van der Waals surface area contributed by atoms with E-state index >= 15 is 0 Å². The van der Waals surface area contributed by atoms with Crippen LogP contribution in [0.4, 0.5) is 5.69 Å². The lowest BCUT2D eigenvalue weighted by Crippen LogP contribution is -2.49. The van der Waals surface area contributed by atoms with E-state index in [0.29, 0.717) is 18.7 Å². The van der Waals surface area contributed by atoms with Crippen molar-refractivity contribution in [3.8, 4) is 11.3 Å². The first-order valence-electron chi connectivity index (χ1n) is 9.28. The highest BCUT2D eigenvalue weighted by molar-refractivity contribution is 7.88. The van der Waals surface area contributed by atoms with Gasteiger partial charge in [-0.1, -0.05) is 24.6 Å². The van der Waals surface area contributed by atoms with Crippen LogP contribution in [-0.4, -0.2) is 37.5 Å². The summed E-state index contributed by atoms with van der Waals surface area (Å²) in [4.78, 5) is 12.7. The molecule has 0 bridgehead atoms. The van der Waals surface area contributed by atoms with Gasteiger partial charge in [0.2, 0.25) is 15.9 Å². The van der Waals surface area contributed by atoms with Gasteiger partial charge in [0.25, 0.3) is 0 Å². The number of rotatable bonds is 4. The molecule has 4 rings (SSSR count). The van der Waals surface area contributed by atoms with Gasteiger partial charge in [0, 0.05) is 23.2 Å². The maximum Gasteiger partial charge on any atom is 0.242 e. The van der Waals surface area contributed by atoms with Crippen LogP contribution in [0, 0.1) is 0 Å². The molecule has 1 unspecified atom stereocenters. The molecule has 1 aliphatic heterocycles. The molecule has 1 atom stereocenters.